The Hall–Kier alpha value is -1.55. The van der Waals surface area contributed by atoms with Crippen molar-refractivity contribution in [1.82, 2.24) is 23.8 Å². The van der Waals surface area contributed by atoms with Gasteiger partial charge in [-0.1, -0.05) is 17.7 Å². The molecule has 0 spiro atoms. The van der Waals surface area contributed by atoms with E-state index < -0.39 is 22.1 Å². The summed E-state index contributed by atoms with van der Waals surface area (Å²) in [7, 11) is -2.47. The number of nitrogens with one attached hydrogen (secondary N) is 1. The van der Waals surface area contributed by atoms with Gasteiger partial charge in [-0.3, -0.25) is 0 Å². The number of aryl methyl sites for hydroxylation is 2. The summed E-state index contributed by atoms with van der Waals surface area (Å²) in [4.78, 5) is 4.31. The Bertz CT molecular complexity index is 866. The van der Waals surface area contributed by atoms with Crippen LogP contribution in [0.4, 0.5) is 4.39 Å². The summed E-state index contributed by atoms with van der Waals surface area (Å²) in [5.74, 6) is 0.667. The number of fused-ring (bicyclic) bond motifs is 1. The van der Waals surface area contributed by atoms with Gasteiger partial charge in [0.15, 0.2) is 0 Å². The number of hydrogen-bond acceptors (Lipinski definition) is 4. The van der Waals surface area contributed by atoms with Crippen LogP contribution in [0.2, 0.25) is 5.02 Å². The fourth-order valence-electron chi connectivity index (χ4n) is 2.84. The molecule has 25 heavy (non-hydrogen) atoms. The van der Waals surface area contributed by atoms with Crippen LogP contribution in [0.5, 0.6) is 0 Å². The van der Waals surface area contributed by atoms with Crippen LogP contribution in [0.25, 0.3) is 0 Å². The maximum absolute atomic E-state index is 13.9. The Labute approximate surface area is 151 Å². The Kier molecular flexibility index (Phi) is 5.10. The van der Waals surface area contributed by atoms with E-state index in [0.717, 1.165) is 17.3 Å². The molecule has 0 saturated carbocycles. The van der Waals surface area contributed by atoms with Crippen LogP contribution in [0.1, 0.15) is 36.1 Å². The van der Waals surface area contributed by atoms with Gasteiger partial charge < -0.3 is 0 Å². The molecule has 0 saturated heterocycles. The van der Waals surface area contributed by atoms with Crippen LogP contribution >= 0.6 is 11.6 Å². The number of aromatic nitrogens is 3. The van der Waals surface area contributed by atoms with E-state index in [4.69, 9.17) is 11.6 Å². The first-order valence-electron chi connectivity index (χ1n) is 7.86. The van der Waals surface area contributed by atoms with Gasteiger partial charge in [0.05, 0.1) is 6.04 Å². The van der Waals surface area contributed by atoms with Crippen molar-refractivity contribution in [3.8, 4) is 0 Å². The van der Waals surface area contributed by atoms with E-state index in [-0.39, 0.29) is 17.1 Å². The molecule has 136 valence electrons. The molecule has 0 aliphatic carbocycles. The standard InChI is InChI=1S/C15H19ClFN5O2S/c1-10-18-15-14(7-4-8-22(15)19-10)20-25(23,24)21(2)9-11-12(16)5-3-6-13(11)17/h3,5-6,14,20H,4,7-9H2,1-2H3. The molecule has 0 bridgehead atoms. The third kappa shape index (κ3) is 3.84. The van der Waals surface area contributed by atoms with Gasteiger partial charge >= 0.3 is 0 Å². The number of nitrogens with zero attached hydrogens (tertiary/aromatic N) is 4. The summed E-state index contributed by atoms with van der Waals surface area (Å²) in [6.45, 7) is 2.32. The number of rotatable bonds is 5. The Balaban J connectivity index is 1.78. The summed E-state index contributed by atoms with van der Waals surface area (Å²) in [5, 5.41) is 4.45. The molecule has 0 fully saturated rings. The lowest BCUT2D eigenvalue weighted by molar-refractivity contribution is 0.382. The molecule has 0 radical (unpaired) electrons. The first kappa shape index (κ1) is 18.2. The maximum Gasteiger partial charge on any atom is 0.280 e. The topological polar surface area (TPSA) is 80.1 Å². The van der Waals surface area contributed by atoms with E-state index in [1.807, 2.05) is 0 Å². The highest BCUT2D eigenvalue weighted by atomic mass is 35.5. The summed E-state index contributed by atoms with van der Waals surface area (Å²) >= 11 is 5.98. The molecule has 7 nitrogen and oxygen atoms in total. The largest absolute Gasteiger partial charge is 0.280 e. The van der Waals surface area contributed by atoms with E-state index in [2.05, 4.69) is 14.8 Å². The Morgan fingerprint density at radius 1 is 1.48 bits per heavy atom. The van der Waals surface area contributed by atoms with E-state index >= 15 is 0 Å². The normalized spacial score (nSPS) is 17.7. The monoisotopic (exact) mass is 387 g/mol. The third-order valence-electron chi connectivity index (χ3n) is 4.12. The Morgan fingerprint density at radius 2 is 2.24 bits per heavy atom. The molecule has 0 amide bonds. The smallest absolute Gasteiger partial charge is 0.248 e. The van der Waals surface area contributed by atoms with Gasteiger partial charge in [0.1, 0.15) is 17.5 Å². The first-order valence-corrected chi connectivity index (χ1v) is 9.67. The van der Waals surface area contributed by atoms with E-state index in [0.29, 0.717) is 18.1 Å². The van der Waals surface area contributed by atoms with Crippen LogP contribution < -0.4 is 4.72 Å². The van der Waals surface area contributed by atoms with Crippen molar-refractivity contribution in [2.75, 3.05) is 7.05 Å². The molecule has 1 N–H and O–H groups in total. The lowest BCUT2D eigenvalue weighted by Crippen LogP contribution is -2.41. The van der Waals surface area contributed by atoms with Crippen LogP contribution in [0.15, 0.2) is 18.2 Å². The quantitative estimate of drug-likeness (QED) is 0.852. The minimum Gasteiger partial charge on any atom is -0.248 e. The second-order valence-electron chi connectivity index (χ2n) is 6.01. The predicted octanol–water partition coefficient (Wildman–Crippen LogP) is 2.18. The predicted molar refractivity (Wildman–Crippen MR) is 91.7 cm³/mol. The molecular weight excluding hydrogens is 369 g/mol. The van der Waals surface area contributed by atoms with Crippen molar-refractivity contribution in [2.45, 2.75) is 38.9 Å². The fraction of sp³-hybridized carbons (Fsp3) is 0.467. The first-order chi connectivity index (χ1) is 11.8. The van der Waals surface area contributed by atoms with E-state index in [1.165, 1.54) is 25.2 Å². The molecule has 10 heteroatoms. The van der Waals surface area contributed by atoms with Crippen LogP contribution in [-0.4, -0.2) is 34.5 Å². The van der Waals surface area contributed by atoms with Gasteiger partial charge in [-0.25, -0.2) is 14.1 Å². The minimum absolute atomic E-state index is 0.139. The lowest BCUT2D eigenvalue weighted by Gasteiger charge is -2.26. The van der Waals surface area contributed by atoms with Crippen LogP contribution in [0.3, 0.4) is 0 Å². The molecule has 3 rings (SSSR count). The number of hydrogen-bond donors (Lipinski definition) is 1. The molecule has 1 atom stereocenters. The average molecular weight is 388 g/mol. The highest BCUT2D eigenvalue weighted by Gasteiger charge is 2.30. The Morgan fingerprint density at radius 3 is 2.96 bits per heavy atom. The van der Waals surface area contributed by atoms with Crippen LogP contribution in [-0.2, 0) is 23.3 Å². The van der Waals surface area contributed by atoms with Crippen molar-refractivity contribution < 1.29 is 12.8 Å². The summed E-state index contributed by atoms with van der Waals surface area (Å²) < 4.78 is 44.6. The molecule has 1 aromatic heterocycles. The highest BCUT2D eigenvalue weighted by Crippen LogP contribution is 2.25. The molecule has 1 unspecified atom stereocenters. The summed E-state index contributed by atoms with van der Waals surface area (Å²) in [5.41, 5.74) is 0.139. The summed E-state index contributed by atoms with van der Waals surface area (Å²) in [6.07, 6.45) is 1.43. The highest BCUT2D eigenvalue weighted by molar-refractivity contribution is 7.87. The van der Waals surface area contributed by atoms with E-state index in [9.17, 15) is 12.8 Å². The zero-order valence-electron chi connectivity index (χ0n) is 13.9. The van der Waals surface area contributed by atoms with Crippen molar-refractivity contribution in [1.29, 1.82) is 0 Å². The second-order valence-corrected chi connectivity index (χ2v) is 8.23. The molecular formula is C15H19ClFN5O2S. The molecule has 2 aromatic rings. The molecule has 1 aliphatic rings. The van der Waals surface area contributed by atoms with Gasteiger partial charge in [-0.2, -0.15) is 22.5 Å². The van der Waals surface area contributed by atoms with Crippen molar-refractivity contribution in [3.05, 3.63) is 46.3 Å². The fourth-order valence-corrected chi connectivity index (χ4v) is 4.13. The minimum atomic E-state index is -3.85. The second kappa shape index (κ2) is 6.99. The zero-order chi connectivity index (χ0) is 18.2. The number of halogens is 2. The van der Waals surface area contributed by atoms with Gasteiger partial charge in [-0.05, 0) is 31.9 Å². The third-order valence-corrected chi connectivity index (χ3v) is 6.01. The van der Waals surface area contributed by atoms with Gasteiger partial charge in [0, 0.05) is 30.7 Å². The average Bonchev–Trinajstić information content (AvgIpc) is 2.92. The molecule has 1 aromatic carbocycles. The van der Waals surface area contributed by atoms with Crippen molar-refractivity contribution in [3.63, 3.8) is 0 Å². The zero-order valence-corrected chi connectivity index (χ0v) is 15.5. The van der Waals surface area contributed by atoms with Crippen molar-refractivity contribution in [2.24, 2.45) is 0 Å². The number of benzene rings is 1. The SMILES string of the molecule is Cc1nc2n(n1)CCCC2NS(=O)(=O)N(C)Cc1c(F)cccc1Cl. The van der Waals surface area contributed by atoms with Gasteiger partial charge in [-0.15, -0.1) is 0 Å². The van der Waals surface area contributed by atoms with E-state index in [1.54, 1.807) is 11.6 Å². The van der Waals surface area contributed by atoms with Crippen LogP contribution in [0, 0.1) is 12.7 Å². The summed E-state index contributed by atoms with van der Waals surface area (Å²) in [6, 6.07) is 3.80. The van der Waals surface area contributed by atoms with Gasteiger partial charge in [0.25, 0.3) is 10.2 Å². The molecule has 2 heterocycles. The lowest BCUT2D eigenvalue weighted by atomic mass is 10.1. The van der Waals surface area contributed by atoms with Gasteiger partial charge in [0.2, 0.25) is 0 Å². The molecule has 1 aliphatic heterocycles. The maximum atomic E-state index is 13.9. The van der Waals surface area contributed by atoms with Crippen molar-refractivity contribution >= 4 is 21.8 Å².